The summed E-state index contributed by atoms with van der Waals surface area (Å²) in [5, 5.41) is 22.1. The summed E-state index contributed by atoms with van der Waals surface area (Å²) in [6, 6.07) is 26.3. The van der Waals surface area contributed by atoms with Gasteiger partial charge in [0.15, 0.2) is 5.58 Å². The molecular formula is C31H27N3O4. The van der Waals surface area contributed by atoms with Crippen molar-refractivity contribution < 1.29 is 14.4 Å². The van der Waals surface area contributed by atoms with E-state index in [4.69, 9.17) is 4.42 Å². The Hall–Kier alpha value is -4.78. The van der Waals surface area contributed by atoms with Crippen molar-refractivity contribution in [3.63, 3.8) is 0 Å². The molecule has 0 aliphatic rings. The average molecular weight is 506 g/mol. The molecule has 0 amide bonds. The van der Waals surface area contributed by atoms with E-state index < -0.39 is 10.7 Å². The lowest BCUT2D eigenvalue weighted by Crippen LogP contribution is -2.10. The molecule has 7 nitrogen and oxygen atoms in total. The largest absolute Gasteiger partial charge is 0.502 e. The van der Waals surface area contributed by atoms with Gasteiger partial charge in [0.2, 0.25) is 11.6 Å². The van der Waals surface area contributed by atoms with Crippen molar-refractivity contribution in [1.29, 1.82) is 0 Å². The van der Waals surface area contributed by atoms with E-state index in [2.05, 4.69) is 42.9 Å². The van der Waals surface area contributed by atoms with Gasteiger partial charge in [-0.1, -0.05) is 63.2 Å². The molecule has 0 unspecified atom stereocenters. The molecule has 0 atom stereocenters. The van der Waals surface area contributed by atoms with Gasteiger partial charge in [-0.05, 0) is 64.9 Å². The summed E-state index contributed by atoms with van der Waals surface area (Å²) in [6.07, 6.45) is 1.93. The fourth-order valence-corrected chi connectivity index (χ4v) is 4.25. The Balaban J connectivity index is 1.43. The monoisotopic (exact) mass is 505 g/mol. The highest BCUT2D eigenvalue weighted by molar-refractivity contribution is 5.89. The summed E-state index contributed by atoms with van der Waals surface area (Å²) in [5.41, 5.74) is 5.64. The summed E-state index contributed by atoms with van der Waals surface area (Å²) in [7, 11) is 0. The smallest absolute Gasteiger partial charge is 0.311 e. The van der Waals surface area contributed by atoms with Gasteiger partial charge in [0.1, 0.15) is 5.52 Å². The number of benzene rings is 4. The first-order valence-corrected chi connectivity index (χ1v) is 12.3. The second kappa shape index (κ2) is 9.94. The van der Waals surface area contributed by atoms with Crippen molar-refractivity contribution >= 4 is 28.7 Å². The molecule has 7 heteroatoms. The number of rotatable bonds is 6. The van der Waals surface area contributed by atoms with E-state index >= 15 is 0 Å². The second-order valence-corrected chi connectivity index (χ2v) is 10.2. The van der Waals surface area contributed by atoms with Crippen LogP contribution in [0.5, 0.6) is 5.75 Å². The van der Waals surface area contributed by atoms with Crippen LogP contribution in [0.15, 0.2) is 94.3 Å². The van der Waals surface area contributed by atoms with Gasteiger partial charge < -0.3 is 9.52 Å². The minimum atomic E-state index is -0.585. The third-order valence-corrected chi connectivity index (χ3v) is 6.35. The van der Waals surface area contributed by atoms with E-state index in [-0.39, 0.29) is 16.7 Å². The molecule has 0 aliphatic heterocycles. The van der Waals surface area contributed by atoms with Crippen molar-refractivity contribution in [3.05, 3.63) is 117 Å². The summed E-state index contributed by atoms with van der Waals surface area (Å²) < 4.78 is 5.95. The highest BCUT2D eigenvalue weighted by Crippen LogP contribution is 2.33. The first-order valence-electron chi connectivity index (χ1n) is 12.3. The Morgan fingerprint density at radius 3 is 2.39 bits per heavy atom. The van der Waals surface area contributed by atoms with Crippen molar-refractivity contribution in [2.75, 3.05) is 0 Å². The van der Waals surface area contributed by atoms with Crippen LogP contribution in [0.1, 0.15) is 43.0 Å². The van der Waals surface area contributed by atoms with Crippen LogP contribution >= 0.6 is 0 Å². The SMILES string of the molecule is CC(C)(C)c1ccc(-c2nc3cc(N=Cc4cc(Cc5ccccc5)cc([N+](=O)[O-])c4O)ccc3o2)cc1. The molecule has 0 saturated heterocycles. The molecule has 38 heavy (non-hydrogen) atoms. The van der Waals surface area contributed by atoms with Crippen LogP contribution < -0.4 is 0 Å². The van der Waals surface area contributed by atoms with Gasteiger partial charge in [0.25, 0.3) is 0 Å². The van der Waals surface area contributed by atoms with E-state index in [1.807, 2.05) is 42.5 Å². The molecule has 5 aromatic rings. The van der Waals surface area contributed by atoms with E-state index in [1.54, 1.807) is 24.3 Å². The highest BCUT2D eigenvalue weighted by atomic mass is 16.6. The standard InChI is InChI=1S/C31H27N3O4/c1-31(2,3)24-11-9-22(10-12-24)30-33-26-18-25(13-14-28(26)38-30)32-19-23-16-21(15-20-7-5-4-6-8-20)17-27(29(23)35)34(36)37/h4-14,16-19,35H,15H2,1-3H3. The average Bonchev–Trinajstić information content (AvgIpc) is 3.32. The third kappa shape index (κ3) is 5.32. The zero-order valence-electron chi connectivity index (χ0n) is 21.4. The van der Waals surface area contributed by atoms with Crippen LogP contribution in [0.25, 0.3) is 22.6 Å². The molecule has 190 valence electrons. The van der Waals surface area contributed by atoms with Gasteiger partial charge in [0, 0.05) is 23.4 Å². The fourth-order valence-electron chi connectivity index (χ4n) is 4.25. The molecular weight excluding hydrogens is 478 g/mol. The number of hydrogen-bond donors (Lipinski definition) is 1. The topological polar surface area (TPSA) is 102 Å². The number of fused-ring (bicyclic) bond motifs is 1. The number of phenolic OH excluding ortho intramolecular Hbond substituents is 1. The second-order valence-electron chi connectivity index (χ2n) is 10.2. The maximum absolute atomic E-state index is 11.6. The van der Waals surface area contributed by atoms with Crippen LogP contribution in [-0.2, 0) is 11.8 Å². The van der Waals surface area contributed by atoms with Gasteiger partial charge in [-0.15, -0.1) is 0 Å². The van der Waals surface area contributed by atoms with Crippen molar-refractivity contribution in [3.8, 4) is 17.2 Å². The van der Waals surface area contributed by atoms with Crippen molar-refractivity contribution in [2.45, 2.75) is 32.6 Å². The van der Waals surface area contributed by atoms with E-state index in [9.17, 15) is 15.2 Å². The maximum Gasteiger partial charge on any atom is 0.311 e. The molecule has 5 rings (SSSR count). The van der Waals surface area contributed by atoms with Gasteiger partial charge >= 0.3 is 5.69 Å². The molecule has 0 fully saturated rings. The minimum absolute atomic E-state index is 0.0582. The minimum Gasteiger partial charge on any atom is -0.502 e. The van der Waals surface area contributed by atoms with Gasteiger partial charge in [0.05, 0.1) is 10.6 Å². The van der Waals surface area contributed by atoms with Crippen LogP contribution in [-0.4, -0.2) is 21.2 Å². The van der Waals surface area contributed by atoms with E-state index in [0.29, 0.717) is 34.7 Å². The van der Waals surface area contributed by atoms with Gasteiger partial charge in [-0.25, -0.2) is 4.98 Å². The zero-order valence-corrected chi connectivity index (χ0v) is 21.4. The first-order chi connectivity index (χ1) is 18.2. The molecule has 0 spiro atoms. The molecule has 1 aromatic heterocycles. The summed E-state index contributed by atoms with van der Waals surface area (Å²) in [6.45, 7) is 6.50. The molecule has 0 aliphatic carbocycles. The zero-order chi connectivity index (χ0) is 26.9. The molecule has 4 aromatic carbocycles. The van der Waals surface area contributed by atoms with Crippen LogP contribution in [0, 0.1) is 10.1 Å². The Bertz CT molecular complexity index is 1650. The predicted molar refractivity (Wildman–Crippen MR) is 149 cm³/mol. The summed E-state index contributed by atoms with van der Waals surface area (Å²) in [5.74, 6) is 0.0996. The van der Waals surface area contributed by atoms with Crippen LogP contribution in [0.4, 0.5) is 11.4 Å². The maximum atomic E-state index is 11.6. The Labute approximate surface area is 220 Å². The normalized spacial score (nSPS) is 11.9. The number of nitro groups is 1. The Morgan fingerprint density at radius 1 is 0.974 bits per heavy atom. The number of nitro benzene ring substituents is 1. The summed E-state index contributed by atoms with van der Waals surface area (Å²) in [4.78, 5) is 20.1. The molecule has 1 N–H and O–H groups in total. The molecule has 0 bridgehead atoms. The molecule has 0 saturated carbocycles. The quantitative estimate of drug-likeness (QED) is 0.144. The summed E-state index contributed by atoms with van der Waals surface area (Å²) >= 11 is 0. The number of aromatic nitrogens is 1. The lowest BCUT2D eigenvalue weighted by atomic mass is 9.87. The van der Waals surface area contributed by atoms with Crippen LogP contribution in [0.3, 0.4) is 0 Å². The highest BCUT2D eigenvalue weighted by Gasteiger charge is 2.19. The third-order valence-electron chi connectivity index (χ3n) is 6.35. The van der Waals surface area contributed by atoms with Gasteiger partial charge in [-0.3, -0.25) is 15.1 Å². The number of aliphatic imine (C=N–C) groups is 1. The van der Waals surface area contributed by atoms with Crippen molar-refractivity contribution in [2.24, 2.45) is 4.99 Å². The number of phenols is 1. The predicted octanol–water partition coefficient (Wildman–Crippen LogP) is 7.75. The van der Waals surface area contributed by atoms with Gasteiger partial charge in [-0.2, -0.15) is 0 Å². The van der Waals surface area contributed by atoms with E-state index in [0.717, 1.165) is 11.1 Å². The van der Waals surface area contributed by atoms with E-state index in [1.165, 1.54) is 17.8 Å². The lowest BCUT2D eigenvalue weighted by molar-refractivity contribution is -0.385. The number of oxazole rings is 1. The van der Waals surface area contributed by atoms with Crippen molar-refractivity contribution in [1.82, 2.24) is 4.98 Å². The number of aromatic hydroxyl groups is 1. The Morgan fingerprint density at radius 2 is 1.71 bits per heavy atom. The molecule has 1 heterocycles. The fraction of sp³-hybridized carbons (Fsp3) is 0.161. The lowest BCUT2D eigenvalue weighted by Gasteiger charge is -2.18. The number of nitrogens with zero attached hydrogens (tertiary/aromatic N) is 3. The molecule has 0 radical (unpaired) electrons. The Kier molecular flexibility index (Phi) is 6.51. The number of hydrogen-bond acceptors (Lipinski definition) is 6. The van der Waals surface area contributed by atoms with Crippen LogP contribution in [0.2, 0.25) is 0 Å². The first kappa shape index (κ1) is 24.9.